The Labute approximate surface area is 111 Å². The van der Waals surface area contributed by atoms with Crippen molar-refractivity contribution in [2.75, 3.05) is 0 Å². The number of oxime groups is 1. The Morgan fingerprint density at radius 2 is 2.11 bits per heavy atom. The van der Waals surface area contributed by atoms with E-state index < -0.39 is 21.9 Å². The number of amidine groups is 1. The third kappa shape index (κ3) is 3.90. The van der Waals surface area contributed by atoms with Gasteiger partial charge in [-0.1, -0.05) is 25.1 Å². The molecule has 19 heavy (non-hydrogen) atoms. The number of sulfonamides is 1. The number of nitrogens with zero attached hydrogens (tertiary/aromatic N) is 1. The van der Waals surface area contributed by atoms with Gasteiger partial charge < -0.3 is 10.9 Å². The van der Waals surface area contributed by atoms with Crippen LogP contribution in [-0.2, 0) is 10.0 Å². The molecule has 1 atom stereocenters. The first-order valence-electron chi connectivity index (χ1n) is 5.53. The van der Waals surface area contributed by atoms with Crippen LogP contribution in [0.15, 0.2) is 34.3 Å². The van der Waals surface area contributed by atoms with Crippen molar-refractivity contribution in [2.24, 2.45) is 16.8 Å². The van der Waals surface area contributed by atoms with Crippen molar-refractivity contribution in [1.29, 1.82) is 0 Å². The van der Waals surface area contributed by atoms with E-state index in [9.17, 15) is 12.8 Å². The molecule has 0 saturated carbocycles. The summed E-state index contributed by atoms with van der Waals surface area (Å²) in [6.45, 7) is 3.41. The molecule has 0 aromatic heterocycles. The van der Waals surface area contributed by atoms with Crippen molar-refractivity contribution in [1.82, 2.24) is 4.72 Å². The first kappa shape index (κ1) is 15.4. The molecule has 0 spiro atoms. The highest BCUT2D eigenvalue weighted by atomic mass is 32.2. The zero-order valence-corrected chi connectivity index (χ0v) is 11.4. The van der Waals surface area contributed by atoms with Gasteiger partial charge in [-0.05, 0) is 24.1 Å². The molecule has 0 aliphatic heterocycles. The van der Waals surface area contributed by atoms with Crippen molar-refractivity contribution in [2.45, 2.75) is 24.8 Å². The lowest BCUT2D eigenvalue weighted by molar-refractivity contribution is 0.313. The maximum atomic E-state index is 13.0. The highest BCUT2D eigenvalue weighted by Crippen LogP contribution is 2.13. The fourth-order valence-corrected chi connectivity index (χ4v) is 2.86. The van der Waals surface area contributed by atoms with E-state index in [2.05, 4.69) is 9.88 Å². The van der Waals surface area contributed by atoms with Gasteiger partial charge in [0, 0.05) is 0 Å². The Hall–Kier alpha value is -1.67. The molecule has 8 heteroatoms. The van der Waals surface area contributed by atoms with E-state index in [0.717, 1.165) is 12.1 Å². The Bertz CT molecular complexity index is 572. The molecular weight excluding hydrogens is 273 g/mol. The maximum absolute atomic E-state index is 13.0. The van der Waals surface area contributed by atoms with Crippen molar-refractivity contribution in [3.8, 4) is 0 Å². The summed E-state index contributed by atoms with van der Waals surface area (Å²) in [4.78, 5) is -0.219. The van der Waals surface area contributed by atoms with Crippen LogP contribution in [0.5, 0.6) is 0 Å². The van der Waals surface area contributed by atoms with Crippen LogP contribution in [0.25, 0.3) is 0 Å². The molecule has 4 N–H and O–H groups in total. The zero-order chi connectivity index (χ0) is 14.6. The van der Waals surface area contributed by atoms with Crippen LogP contribution in [0.1, 0.15) is 13.8 Å². The number of halogens is 1. The van der Waals surface area contributed by atoms with Gasteiger partial charge in [-0.25, -0.2) is 17.5 Å². The summed E-state index contributed by atoms with van der Waals surface area (Å²) in [5.41, 5.74) is 5.43. The molecule has 0 amide bonds. The quantitative estimate of drug-likeness (QED) is 0.324. The summed E-state index contributed by atoms with van der Waals surface area (Å²) in [5.74, 6) is -1.15. The first-order chi connectivity index (χ1) is 8.77. The highest BCUT2D eigenvalue weighted by molar-refractivity contribution is 7.89. The normalized spacial score (nSPS) is 14.6. The molecule has 0 aliphatic carbocycles. The molecule has 0 aliphatic rings. The average molecular weight is 289 g/mol. The minimum absolute atomic E-state index is 0.219. The zero-order valence-electron chi connectivity index (χ0n) is 10.5. The van der Waals surface area contributed by atoms with Gasteiger partial charge in [0.25, 0.3) is 0 Å². The lowest BCUT2D eigenvalue weighted by atomic mass is 10.1. The fourth-order valence-electron chi connectivity index (χ4n) is 1.47. The van der Waals surface area contributed by atoms with Crippen LogP contribution in [0.4, 0.5) is 4.39 Å². The number of hydrogen-bond donors (Lipinski definition) is 3. The lowest BCUT2D eigenvalue weighted by Crippen LogP contribution is -2.47. The molecule has 0 bridgehead atoms. The molecule has 1 aromatic rings. The van der Waals surface area contributed by atoms with Crippen LogP contribution in [0.3, 0.4) is 0 Å². The molecule has 1 rings (SSSR count). The summed E-state index contributed by atoms with van der Waals surface area (Å²) >= 11 is 0. The number of nitrogens with one attached hydrogen (secondary N) is 1. The molecular formula is C11H16FN3O3S. The van der Waals surface area contributed by atoms with E-state index >= 15 is 0 Å². The fraction of sp³-hybridized carbons (Fsp3) is 0.364. The van der Waals surface area contributed by atoms with Gasteiger partial charge in [-0.15, -0.1) is 0 Å². The lowest BCUT2D eigenvalue weighted by Gasteiger charge is -2.20. The average Bonchev–Trinajstić information content (AvgIpc) is 2.35. The van der Waals surface area contributed by atoms with Gasteiger partial charge >= 0.3 is 0 Å². The van der Waals surface area contributed by atoms with Crippen LogP contribution in [-0.4, -0.2) is 25.5 Å². The third-order valence-electron chi connectivity index (χ3n) is 2.49. The minimum atomic E-state index is -3.94. The molecule has 1 aromatic carbocycles. The Morgan fingerprint density at radius 3 is 2.58 bits per heavy atom. The summed E-state index contributed by atoms with van der Waals surface area (Å²) < 4.78 is 39.4. The second-order valence-electron chi connectivity index (χ2n) is 4.33. The van der Waals surface area contributed by atoms with Crippen LogP contribution < -0.4 is 10.5 Å². The molecule has 1 unspecified atom stereocenters. The first-order valence-corrected chi connectivity index (χ1v) is 7.01. The molecule has 0 heterocycles. The van der Waals surface area contributed by atoms with E-state index in [0.29, 0.717) is 0 Å². The van der Waals surface area contributed by atoms with Gasteiger partial charge in [0.15, 0.2) is 5.84 Å². The second kappa shape index (κ2) is 5.98. The van der Waals surface area contributed by atoms with Gasteiger partial charge in [0.1, 0.15) is 5.82 Å². The Balaban J connectivity index is 3.08. The van der Waals surface area contributed by atoms with Crippen molar-refractivity contribution in [3.05, 3.63) is 30.1 Å². The minimum Gasteiger partial charge on any atom is -0.409 e. The number of nitrogens with two attached hydrogens (primary N) is 1. The summed E-state index contributed by atoms with van der Waals surface area (Å²) in [7, 11) is -3.94. The van der Waals surface area contributed by atoms with Gasteiger partial charge in [-0.3, -0.25) is 0 Å². The monoisotopic (exact) mass is 289 g/mol. The van der Waals surface area contributed by atoms with E-state index in [4.69, 9.17) is 10.9 Å². The highest BCUT2D eigenvalue weighted by Gasteiger charge is 2.25. The Morgan fingerprint density at radius 1 is 1.47 bits per heavy atom. The van der Waals surface area contributed by atoms with Crippen molar-refractivity contribution < 1.29 is 18.0 Å². The van der Waals surface area contributed by atoms with Gasteiger partial charge in [-0.2, -0.15) is 0 Å². The number of hydrogen-bond acceptors (Lipinski definition) is 4. The maximum Gasteiger partial charge on any atom is 0.241 e. The van der Waals surface area contributed by atoms with Crippen LogP contribution >= 0.6 is 0 Å². The summed E-state index contributed by atoms with van der Waals surface area (Å²) in [5, 5.41) is 11.4. The molecule has 0 saturated heterocycles. The predicted molar refractivity (Wildman–Crippen MR) is 68.8 cm³/mol. The standard InChI is InChI=1S/C11H16FN3O3S/c1-7(2)10(11(13)14-16)15-19(17,18)9-5-3-4-8(12)6-9/h3-7,10,15-16H,1-2H3,(H2,13,14). The molecule has 106 valence electrons. The molecule has 6 nitrogen and oxygen atoms in total. The third-order valence-corrected chi connectivity index (χ3v) is 3.93. The largest absolute Gasteiger partial charge is 0.409 e. The van der Waals surface area contributed by atoms with E-state index in [-0.39, 0.29) is 16.6 Å². The predicted octanol–water partition coefficient (Wildman–Crippen LogP) is 0.875. The van der Waals surface area contributed by atoms with Gasteiger partial charge in [0.2, 0.25) is 10.0 Å². The van der Waals surface area contributed by atoms with Crippen LogP contribution in [0.2, 0.25) is 0 Å². The molecule has 0 radical (unpaired) electrons. The van der Waals surface area contributed by atoms with Crippen molar-refractivity contribution in [3.63, 3.8) is 0 Å². The topological polar surface area (TPSA) is 105 Å². The smallest absolute Gasteiger partial charge is 0.241 e. The van der Waals surface area contributed by atoms with Crippen molar-refractivity contribution >= 4 is 15.9 Å². The molecule has 0 fully saturated rings. The second-order valence-corrected chi connectivity index (χ2v) is 6.04. The van der Waals surface area contributed by atoms with E-state index in [1.165, 1.54) is 12.1 Å². The number of benzene rings is 1. The van der Waals surface area contributed by atoms with E-state index in [1.54, 1.807) is 13.8 Å². The van der Waals surface area contributed by atoms with Gasteiger partial charge in [0.05, 0.1) is 10.9 Å². The Kier molecular flexibility index (Phi) is 4.84. The van der Waals surface area contributed by atoms with Crippen LogP contribution in [0, 0.1) is 11.7 Å². The number of rotatable bonds is 5. The SMILES string of the molecule is CC(C)C(NS(=O)(=O)c1cccc(F)c1)C(N)=NO. The summed E-state index contributed by atoms with van der Waals surface area (Å²) in [6, 6.07) is 3.71. The van der Waals surface area contributed by atoms with E-state index in [1.807, 2.05) is 0 Å². The summed E-state index contributed by atoms with van der Waals surface area (Å²) in [6.07, 6.45) is 0.